The largest absolute Gasteiger partial charge is 1.00 e. The van der Waals surface area contributed by atoms with E-state index in [4.69, 9.17) is 23.2 Å². The van der Waals surface area contributed by atoms with Crippen LogP contribution in [-0.2, 0) is 0 Å². The molecule has 90 valence electrons. The monoisotopic (exact) mass is 279 g/mol. The van der Waals surface area contributed by atoms with Crippen molar-refractivity contribution in [3.05, 3.63) is 47.5 Å². The fourth-order valence-electron chi connectivity index (χ4n) is 1.47. The van der Waals surface area contributed by atoms with Crippen LogP contribution in [0.15, 0.2) is 36.9 Å². The highest BCUT2D eigenvalue weighted by Gasteiger charge is 2.27. The lowest BCUT2D eigenvalue weighted by Gasteiger charge is -2.33. The van der Waals surface area contributed by atoms with E-state index in [1.54, 1.807) is 0 Å². The topological polar surface area (TPSA) is 0 Å². The summed E-state index contributed by atoms with van der Waals surface area (Å²) in [5.74, 6) is 0. The molecule has 0 saturated carbocycles. The Morgan fingerprint density at radius 2 is 1.94 bits per heavy atom. The lowest BCUT2D eigenvalue weighted by molar-refractivity contribution is -0.902. The molecule has 1 aromatic rings. The number of hydrogen-bond donors (Lipinski definition) is 0. The molecular weight excluding hydrogens is 264 g/mol. The summed E-state index contributed by atoms with van der Waals surface area (Å²) in [7, 11) is 4.12. The van der Waals surface area contributed by atoms with Gasteiger partial charge in [0.2, 0.25) is 0 Å². The Labute approximate surface area is 114 Å². The van der Waals surface area contributed by atoms with E-state index in [9.17, 15) is 0 Å². The first-order chi connectivity index (χ1) is 6.99. The lowest BCUT2D eigenvalue weighted by atomic mass is 10.2. The zero-order valence-corrected chi connectivity index (χ0v) is 11.7. The summed E-state index contributed by atoms with van der Waals surface area (Å²) < 4.78 is 0.634. The van der Waals surface area contributed by atoms with Crippen molar-refractivity contribution in [2.75, 3.05) is 20.6 Å². The van der Waals surface area contributed by atoms with E-state index in [2.05, 4.69) is 20.7 Å². The van der Waals surface area contributed by atoms with Gasteiger partial charge in [0, 0.05) is 5.56 Å². The van der Waals surface area contributed by atoms with E-state index < -0.39 is 0 Å². The smallest absolute Gasteiger partial charge is 0.192 e. The average Bonchev–Trinajstić information content (AvgIpc) is 2.17. The fourth-order valence-corrected chi connectivity index (χ4v) is 2.03. The van der Waals surface area contributed by atoms with Crippen LogP contribution < -0.4 is 12.4 Å². The summed E-state index contributed by atoms with van der Waals surface area (Å²) in [6.07, 6.45) is 1.87. The van der Waals surface area contributed by atoms with Gasteiger partial charge in [-0.2, -0.15) is 0 Å². The number of rotatable bonds is 4. The number of alkyl halides is 1. The van der Waals surface area contributed by atoms with Crippen LogP contribution in [0.2, 0.25) is 5.02 Å². The second kappa shape index (κ2) is 6.51. The maximum atomic E-state index is 6.42. The van der Waals surface area contributed by atoms with Crippen LogP contribution in [0.5, 0.6) is 0 Å². The third-order valence-corrected chi connectivity index (χ3v) is 3.48. The van der Waals surface area contributed by atoms with Crippen molar-refractivity contribution in [2.45, 2.75) is 5.50 Å². The average molecular weight is 281 g/mol. The van der Waals surface area contributed by atoms with Crippen molar-refractivity contribution < 1.29 is 16.9 Å². The minimum absolute atomic E-state index is 0. The van der Waals surface area contributed by atoms with Crippen molar-refractivity contribution >= 4 is 23.2 Å². The maximum absolute atomic E-state index is 6.42. The van der Waals surface area contributed by atoms with E-state index in [0.717, 1.165) is 12.1 Å². The van der Waals surface area contributed by atoms with Crippen LogP contribution in [0.1, 0.15) is 11.1 Å². The number of benzene rings is 1. The maximum Gasteiger partial charge on any atom is 0.192 e. The molecule has 0 bridgehead atoms. The third kappa shape index (κ3) is 3.67. The van der Waals surface area contributed by atoms with E-state index in [-0.39, 0.29) is 17.9 Å². The van der Waals surface area contributed by atoms with Crippen molar-refractivity contribution in [1.29, 1.82) is 0 Å². The predicted molar refractivity (Wildman–Crippen MR) is 67.2 cm³/mol. The van der Waals surface area contributed by atoms with E-state index in [0.29, 0.717) is 9.51 Å². The summed E-state index contributed by atoms with van der Waals surface area (Å²) in [4.78, 5) is 0. The molecule has 0 saturated heterocycles. The second-order valence-corrected chi connectivity index (χ2v) is 4.93. The van der Waals surface area contributed by atoms with Crippen LogP contribution in [0, 0.1) is 0 Å². The van der Waals surface area contributed by atoms with Gasteiger partial charge < -0.3 is 16.9 Å². The first-order valence-corrected chi connectivity index (χ1v) is 5.62. The SMILES string of the molecule is C=CC[N+](C)(C)C(Cl)c1ccccc1Cl.[Cl-]. The Morgan fingerprint density at radius 1 is 1.38 bits per heavy atom. The normalized spacial score (nSPS) is 12.8. The van der Waals surface area contributed by atoms with Crippen LogP contribution in [0.25, 0.3) is 0 Å². The van der Waals surface area contributed by atoms with Gasteiger partial charge in [0.25, 0.3) is 0 Å². The van der Waals surface area contributed by atoms with Gasteiger partial charge in [0.1, 0.15) is 0 Å². The number of halogens is 3. The fraction of sp³-hybridized carbons (Fsp3) is 0.333. The predicted octanol–water partition coefficient (Wildman–Crippen LogP) is 0.844. The molecule has 0 amide bonds. The molecule has 16 heavy (non-hydrogen) atoms. The molecule has 4 heteroatoms. The molecule has 1 atom stereocenters. The van der Waals surface area contributed by atoms with Crippen LogP contribution >= 0.6 is 23.2 Å². The summed E-state index contributed by atoms with van der Waals surface area (Å²) in [5.41, 5.74) is 0.810. The van der Waals surface area contributed by atoms with Gasteiger partial charge in [-0.3, -0.25) is 0 Å². The van der Waals surface area contributed by atoms with Crippen LogP contribution in [-0.4, -0.2) is 25.1 Å². The highest BCUT2D eigenvalue weighted by atomic mass is 35.5. The molecule has 0 aliphatic heterocycles. The van der Waals surface area contributed by atoms with Crippen molar-refractivity contribution in [1.82, 2.24) is 0 Å². The van der Waals surface area contributed by atoms with Gasteiger partial charge in [0.15, 0.2) is 5.50 Å². The zero-order valence-electron chi connectivity index (χ0n) is 9.46. The third-order valence-electron chi connectivity index (χ3n) is 2.38. The van der Waals surface area contributed by atoms with E-state index in [1.165, 1.54) is 0 Å². The molecule has 0 radical (unpaired) electrons. The van der Waals surface area contributed by atoms with Gasteiger partial charge in [-0.15, -0.1) is 0 Å². The van der Waals surface area contributed by atoms with Gasteiger partial charge in [0.05, 0.1) is 25.7 Å². The summed E-state index contributed by atoms with van der Waals surface area (Å²) in [5, 5.41) is 0.716. The molecule has 0 N–H and O–H groups in total. The molecule has 0 fully saturated rings. The summed E-state index contributed by atoms with van der Waals surface area (Å²) in [6.45, 7) is 4.54. The second-order valence-electron chi connectivity index (χ2n) is 4.11. The number of hydrogen-bond acceptors (Lipinski definition) is 0. The lowest BCUT2D eigenvalue weighted by Crippen LogP contribution is -3.00. The molecule has 1 nitrogen and oxygen atoms in total. The summed E-state index contributed by atoms with van der Waals surface area (Å²) in [6, 6.07) is 7.68. The van der Waals surface area contributed by atoms with Crippen molar-refractivity contribution in [3.8, 4) is 0 Å². The summed E-state index contributed by atoms with van der Waals surface area (Å²) >= 11 is 12.5. The molecule has 1 rings (SSSR count). The number of quaternary nitrogens is 1. The van der Waals surface area contributed by atoms with Crippen molar-refractivity contribution in [3.63, 3.8) is 0 Å². The molecule has 0 heterocycles. The highest BCUT2D eigenvalue weighted by Crippen LogP contribution is 2.33. The van der Waals surface area contributed by atoms with Gasteiger partial charge in [-0.1, -0.05) is 48.0 Å². The van der Waals surface area contributed by atoms with Gasteiger partial charge in [-0.25, -0.2) is 0 Å². The Hall–Kier alpha value is -0.210. The molecule has 0 aliphatic carbocycles. The molecule has 1 unspecified atom stereocenters. The number of nitrogens with zero attached hydrogens (tertiary/aromatic N) is 1. The molecule has 0 aromatic heterocycles. The quantitative estimate of drug-likeness (QED) is 0.332. The Morgan fingerprint density at radius 3 is 2.44 bits per heavy atom. The van der Waals surface area contributed by atoms with Crippen molar-refractivity contribution in [2.24, 2.45) is 0 Å². The Balaban J connectivity index is 0.00000225. The molecule has 0 aliphatic rings. The van der Waals surface area contributed by atoms with E-state index in [1.807, 2.05) is 30.3 Å². The molecule has 1 aromatic carbocycles. The minimum atomic E-state index is -0.156. The van der Waals surface area contributed by atoms with Crippen LogP contribution in [0.4, 0.5) is 0 Å². The van der Waals surface area contributed by atoms with Gasteiger partial charge >= 0.3 is 0 Å². The number of likely N-dealkylation sites (N-methyl/N-ethyl adjacent to an activating group) is 1. The molecular formula is C12H16Cl3N. The van der Waals surface area contributed by atoms with E-state index >= 15 is 0 Å². The van der Waals surface area contributed by atoms with Gasteiger partial charge in [-0.05, 0) is 12.1 Å². The highest BCUT2D eigenvalue weighted by molar-refractivity contribution is 6.32. The first kappa shape index (κ1) is 15.8. The Kier molecular flexibility index (Phi) is 6.42. The Bertz CT molecular complexity index is 350. The standard InChI is InChI=1S/C12H16Cl2N.ClH/c1-4-9-15(2,3)12(14)10-7-5-6-8-11(10)13;/h4-8,12H,1,9H2,2-3H3;1H/q+1;/p-1. The first-order valence-electron chi connectivity index (χ1n) is 4.81. The molecule has 0 spiro atoms. The zero-order chi connectivity index (χ0) is 11.5. The minimum Gasteiger partial charge on any atom is -1.00 e. The van der Waals surface area contributed by atoms with Crippen LogP contribution in [0.3, 0.4) is 0 Å².